The van der Waals surface area contributed by atoms with E-state index >= 15 is 0 Å². The first-order valence-corrected chi connectivity index (χ1v) is 12.3. The number of aliphatic hydroxyl groups excluding tert-OH is 2. The van der Waals surface area contributed by atoms with Crippen LogP contribution in [0.15, 0.2) is 84.1 Å². The van der Waals surface area contributed by atoms with Crippen LogP contribution < -0.4 is 5.32 Å². The summed E-state index contributed by atoms with van der Waals surface area (Å²) in [6.07, 6.45) is 26.7. The molecule has 0 unspecified atom stereocenters. The minimum atomic E-state index is -0.864. The molecule has 1 aliphatic heterocycles. The monoisotopic (exact) mass is 449 g/mol. The summed E-state index contributed by atoms with van der Waals surface area (Å²) in [7, 11) is 0. The van der Waals surface area contributed by atoms with Gasteiger partial charge in [-0.3, -0.25) is 4.79 Å². The maximum atomic E-state index is 13.0. The molecule has 0 saturated carbocycles. The van der Waals surface area contributed by atoms with E-state index in [1.165, 1.54) is 0 Å². The summed E-state index contributed by atoms with van der Waals surface area (Å²) in [4.78, 5) is 13.0. The highest BCUT2D eigenvalue weighted by atomic mass is 16.3. The van der Waals surface area contributed by atoms with Gasteiger partial charge in [0.2, 0.25) is 5.91 Å². The van der Waals surface area contributed by atoms with Crippen LogP contribution in [0.5, 0.6) is 0 Å². The molecular weight excluding hydrogens is 410 g/mol. The number of hydrogen-bond donors (Lipinski definition) is 3. The van der Waals surface area contributed by atoms with E-state index in [2.05, 4.69) is 61.7 Å². The number of allylic oxidation sites excluding steroid dienone is 10. The molecule has 3 N–H and O–H groups in total. The van der Waals surface area contributed by atoms with Crippen molar-refractivity contribution in [1.29, 1.82) is 0 Å². The first-order valence-electron chi connectivity index (χ1n) is 12.3. The van der Waals surface area contributed by atoms with Gasteiger partial charge in [-0.05, 0) is 39.0 Å². The molecule has 1 heterocycles. The van der Waals surface area contributed by atoms with Gasteiger partial charge in [-0.2, -0.15) is 0 Å². The first kappa shape index (κ1) is 25.2. The first-order chi connectivity index (χ1) is 15.9. The third-order valence-electron chi connectivity index (χ3n) is 6.85. The van der Waals surface area contributed by atoms with Gasteiger partial charge in [0.25, 0.3) is 0 Å². The van der Waals surface area contributed by atoms with Crippen LogP contribution in [0.3, 0.4) is 0 Å². The van der Waals surface area contributed by atoms with Crippen molar-refractivity contribution in [3.8, 4) is 0 Å². The number of hydrogen-bond acceptors (Lipinski definition) is 3. The predicted octanol–water partition coefficient (Wildman–Crippen LogP) is 4.95. The summed E-state index contributed by atoms with van der Waals surface area (Å²) >= 11 is 0. The molecule has 1 saturated heterocycles. The number of nitrogens with one attached hydrogen (secondary N) is 1. The van der Waals surface area contributed by atoms with Crippen LogP contribution in [0.2, 0.25) is 0 Å². The molecule has 178 valence electrons. The lowest BCUT2D eigenvalue weighted by atomic mass is 9.75. The standard InChI is InChI=1S/C29H39NO3/c1-4-5-6-7-8-9-12-24-19-22-15-14-20(2)18-23-16-17-26(31)28(32)27(23)21(3)11-10-13-25(22)29(33)30-24/h6-11,13-18,22-28,31-32H,4-5,12,19H2,1-3H3,(H,30,33)/b7-6+,9-8+,13-10+,15-14+,20-18+,21-11+/t22-,23+,24+,25+,26+,27+,28+/m0/s1. The normalized spacial score (nSPS) is 39.9. The molecule has 4 heteroatoms. The Morgan fingerprint density at radius 3 is 2.67 bits per heavy atom. The van der Waals surface area contributed by atoms with Gasteiger partial charge in [0.15, 0.2) is 0 Å². The molecule has 0 aromatic carbocycles. The number of unbranched alkanes of at least 4 members (excludes halogenated alkanes) is 1. The average Bonchev–Trinajstić information content (AvgIpc) is 2.78. The summed E-state index contributed by atoms with van der Waals surface area (Å²) in [5.74, 6) is -0.215. The number of piperidine rings is 1. The third-order valence-corrected chi connectivity index (χ3v) is 6.85. The Morgan fingerprint density at radius 2 is 1.88 bits per heavy atom. The minimum Gasteiger partial charge on any atom is -0.389 e. The number of fused-ring (bicyclic) bond motifs is 2. The van der Waals surface area contributed by atoms with Crippen LogP contribution in [0.4, 0.5) is 0 Å². The largest absolute Gasteiger partial charge is 0.389 e. The molecule has 0 radical (unpaired) electrons. The molecule has 0 aromatic rings. The van der Waals surface area contributed by atoms with Crippen LogP contribution in [-0.4, -0.2) is 34.4 Å². The van der Waals surface area contributed by atoms with Crippen molar-refractivity contribution in [2.24, 2.45) is 23.7 Å². The maximum Gasteiger partial charge on any atom is 0.227 e. The lowest BCUT2D eigenvalue weighted by molar-refractivity contribution is -0.127. The zero-order chi connectivity index (χ0) is 23.8. The highest BCUT2D eigenvalue weighted by Crippen LogP contribution is 2.34. The van der Waals surface area contributed by atoms with Crippen molar-refractivity contribution in [3.63, 3.8) is 0 Å². The number of carbonyl (C=O) groups excluding carboxylic acids is 1. The summed E-state index contributed by atoms with van der Waals surface area (Å²) in [5.41, 5.74) is 2.09. The molecule has 0 spiro atoms. The molecule has 1 fully saturated rings. The van der Waals surface area contributed by atoms with E-state index in [0.29, 0.717) is 0 Å². The Morgan fingerprint density at radius 1 is 1.09 bits per heavy atom. The molecule has 7 atom stereocenters. The Hall–Kier alpha value is -2.43. The topological polar surface area (TPSA) is 69.6 Å². The van der Waals surface area contributed by atoms with Gasteiger partial charge in [-0.1, -0.05) is 97.4 Å². The lowest BCUT2D eigenvalue weighted by Gasteiger charge is -2.35. The van der Waals surface area contributed by atoms with Gasteiger partial charge in [0, 0.05) is 17.9 Å². The molecule has 33 heavy (non-hydrogen) atoms. The van der Waals surface area contributed by atoms with Crippen molar-refractivity contribution < 1.29 is 15.0 Å². The molecule has 4 nitrogen and oxygen atoms in total. The van der Waals surface area contributed by atoms with Crippen LogP contribution in [0, 0.1) is 23.7 Å². The van der Waals surface area contributed by atoms with Crippen molar-refractivity contribution in [2.45, 2.75) is 64.7 Å². The molecule has 0 bridgehead atoms. The zero-order valence-electron chi connectivity index (χ0n) is 20.1. The van der Waals surface area contributed by atoms with E-state index < -0.39 is 12.2 Å². The van der Waals surface area contributed by atoms with Crippen LogP contribution in [0.25, 0.3) is 0 Å². The molecule has 3 aliphatic rings. The maximum absolute atomic E-state index is 13.0. The number of carbonyl (C=O) groups is 1. The quantitative estimate of drug-likeness (QED) is 0.411. The van der Waals surface area contributed by atoms with E-state index in [1.807, 2.05) is 31.2 Å². The van der Waals surface area contributed by atoms with Crippen molar-refractivity contribution >= 4 is 5.91 Å². The van der Waals surface area contributed by atoms with Gasteiger partial charge in [0.05, 0.1) is 18.1 Å². The van der Waals surface area contributed by atoms with Crippen molar-refractivity contribution in [1.82, 2.24) is 5.32 Å². The molecule has 2 aliphatic carbocycles. The average molecular weight is 450 g/mol. The fraction of sp³-hybridized carbons (Fsp3) is 0.483. The van der Waals surface area contributed by atoms with Gasteiger partial charge in [-0.25, -0.2) is 0 Å². The summed E-state index contributed by atoms with van der Waals surface area (Å²) < 4.78 is 0. The SMILES string of the molecule is CCC/C=C/C=C/C[C@@H]1C[C@@H]2/C=C/C(C)=C/[C@H]3C=C[C@@H](O)[C@@H](O)[C@@H]3/C(C)=C/C=C/[C@H]2C(=O)N1. The third kappa shape index (κ3) is 6.78. The van der Waals surface area contributed by atoms with Crippen LogP contribution in [0.1, 0.15) is 46.5 Å². The Bertz CT molecular complexity index is 889. The molecular formula is C29H39NO3. The van der Waals surface area contributed by atoms with E-state index in [-0.39, 0.29) is 35.6 Å². The fourth-order valence-corrected chi connectivity index (χ4v) is 4.99. The lowest BCUT2D eigenvalue weighted by Crippen LogP contribution is -2.47. The van der Waals surface area contributed by atoms with Gasteiger partial charge < -0.3 is 15.5 Å². The molecule has 1 amide bonds. The second-order valence-corrected chi connectivity index (χ2v) is 9.55. The van der Waals surface area contributed by atoms with Crippen molar-refractivity contribution in [2.75, 3.05) is 0 Å². The van der Waals surface area contributed by atoms with Crippen LogP contribution >= 0.6 is 0 Å². The van der Waals surface area contributed by atoms with E-state index in [1.54, 1.807) is 6.08 Å². The Labute approximate surface area is 198 Å². The van der Waals surface area contributed by atoms with Crippen LogP contribution in [-0.2, 0) is 4.79 Å². The predicted molar refractivity (Wildman–Crippen MR) is 135 cm³/mol. The number of aliphatic hydroxyl groups is 2. The Kier molecular flexibility index (Phi) is 9.28. The summed E-state index contributed by atoms with van der Waals surface area (Å²) in [6.45, 7) is 6.21. The van der Waals surface area contributed by atoms with E-state index in [4.69, 9.17) is 0 Å². The zero-order valence-corrected chi connectivity index (χ0v) is 20.1. The van der Waals surface area contributed by atoms with Gasteiger partial charge >= 0.3 is 0 Å². The summed E-state index contributed by atoms with van der Waals surface area (Å²) in [6, 6.07) is 0.129. The summed E-state index contributed by atoms with van der Waals surface area (Å²) in [5, 5.41) is 24.0. The minimum absolute atomic E-state index is 0.0150. The molecule has 3 rings (SSSR count). The van der Waals surface area contributed by atoms with Gasteiger partial charge in [-0.15, -0.1) is 0 Å². The smallest absolute Gasteiger partial charge is 0.227 e. The van der Waals surface area contributed by atoms with Crippen molar-refractivity contribution in [3.05, 3.63) is 84.1 Å². The van der Waals surface area contributed by atoms with E-state index in [9.17, 15) is 15.0 Å². The van der Waals surface area contributed by atoms with E-state index in [0.717, 1.165) is 36.8 Å². The molecule has 0 aromatic heterocycles. The van der Waals surface area contributed by atoms with Gasteiger partial charge in [0.1, 0.15) is 0 Å². The highest BCUT2D eigenvalue weighted by Gasteiger charge is 2.35. The Balaban J connectivity index is 1.81. The number of amides is 1. The second-order valence-electron chi connectivity index (χ2n) is 9.55. The fourth-order valence-electron chi connectivity index (χ4n) is 4.99. The second kappa shape index (κ2) is 12.2. The highest BCUT2D eigenvalue weighted by molar-refractivity contribution is 5.82. The number of rotatable bonds is 5.